The monoisotopic (exact) mass is 497 g/mol. The Hall–Kier alpha value is -2.45. The molecule has 1 aromatic heterocycles. The highest BCUT2D eigenvalue weighted by molar-refractivity contribution is 7.89. The molecule has 3 fully saturated rings. The summed E-state index contributed by atoms with van der Waals surface area (Å²) in [7, 11) is -3.60. The largest absolute Gasteiger partial charge is 0.490 e. The van der Waals surface area contributed by atoms with E-state index in [9.17, 15) is 13.2 Å². The van der Waals surface area contributed by atoms with Crippen molar-refractivity contribution in [2.45, 2.75) is 87.4 Å². The van der Waals surface area contributed by atoms with Crippen LogP contribution in [0.15, 0.2) is 53.7 Å². The molecule has 2 saturated carbocycles. The van der Waals surface area contributed by atoms with Gasteiger partial charge in [0, 0.05) is 30.4 Å². The third kappa shape index (κ3) is 5.70. The Labute approximate surface area is 208 Å². The molecule has 35 heavy (non-hydrogen) atoms. The molecule has 0 radical (unpaired) electrons. The maximum atomic E-state index is 13.2. The van der Waals surface area contributed by atoms with Crippen molar-refractivity contribution in [1.29, 1.82) is 0 Å². The summed E-state index contributed by atoms with van der Waals surface area (Å²) in [4.78, 5) is 19.3. The number of aromatic nitrogens is 1. The summed E-state index contributed by atoms with van der Waals surface area (Å²) in [6.07, 6.45) is 11.8. The number of hydrogen-bond acceptors (Lipinski definition) is 5. The van der Waals surface area contributed by atoms with Crippen LogP contribution < -0.4 is 9.46 Å². The third-order valence-corrected chi connectivity index (χ3v) is 9.25. The van der Waals surface area contributed by atoms with Gasteiger partial charge in [-0.05, 0) is 93.7 Å². The lowest BCUT2D eigenvalue weighted by molar-refractivity contribution is 0.0390. The van der Waals surface area contributed by atoms with Crippen LogP contribution in [0.4, 0.5) is 0 Å². The summed E-state index contributed by atoms with van der Waals surface area (Å²) >= 11 is 0. The molecule has 8 heteroatoms. The van der Waals surface area contributed by atoms with Gasteiger partial charge in [-0.3, -0.25) is 4.79 Å². The molecule has 2 atom stereocenters. The topological polar surface area (TPSA) is 88.6 Å². The molecule has 1 N–H and O–H groups in total. The van der Waals surface area contributed by atoms with E-state index in [0.29, 0.717) is 24.8 Å². The Bertz CT molecular complexity index is 1100. The number of amides is 1. The number of carbonyl (C=O) groups is 1. The van der Waals surface area contributed by atoms with Gasteiger partial charge in [0.25, 0.3) is 15.9 Å². The molecular formula is C27H35N3O4S. The average molecular weight is 498 g/mol. The summed E-state index contributed by atoms with van der Waals surface area (Å²) in [5.74, 6) is 1.58. The number of ether oxygens (including phenoxy) is 1. The first-order chi connectivity index (χ1) is 17.0. The highest BCUT2D eigenvalue weighted by Gasteiger charge is 2.36. The number of carbonyl (C=O) groups excluding carboxylic acids is 1. The minimum Gasteiger partial charge on any atom is -0.490 e. The molecule has 5 rings (SSSR count). The molecule has 1 amide bonds. The van der Waals surface area contributed by atoms with Crippen molar-refractivity contribution < 1.29 is 17.9 Å². The van der Waals surface area contributed by atoms with Gasteiger partial charge >= 0.3 is 0 Å². The van der Waals surface area contributed by atoms with Crippen LogP contribution in [0.2, 0.25) is 0 Å². The number of sulfonamides is 1. The van der Waals surface area contributed by atoms with Crippen LogP contribution in [-0.4, -0.2) is 48.9 Å². The van der Waals surface area contributed by atoms with Gasteiger partial charge in [0.2, 0.25) is 0 Å². The van der Waals surface area contributed by atoms with E-state index >= 15 is 0 Å². The fourth-order valence-electron chi connectivity index (χ4n) is 6.00. The van der Waals surface area contributed by atoms with Gasteiger partial charge in [0.05, 0.1) is 6.10 Å². The molecule has 0 spiro atoms. The highest BCUT2D eigenvalue weighted by atomic mass is 32.2. The van der Waals surface area contributed by atoms with Crippen molar-refractivity contribution in [2.75, 3.05) is 6.54 Å². The lowest BCUT2D eigenvalue weighted by Crippen LogP contribution is -2.49. The van der Waals surface area contributed by atoms with Crippen molar-refractivity contribution in [1.82, 2.24) is 14.6 Å². The first kappa shape index (κ1) is 24.3. The van der Waals surface area contributed by atoms with Crippen LogP contribution in [-0.2, 0) is 10.0 Å². The maximum absolute atomic E-state index is 13.2. The predicted octanol–water partition coefficient (Wildman–Crippen LogP) is 4.54. The lowest BCUT2D eigenvalue weighted by Gasteiger charge is -2.44. The quantitative estimate of drug-likeness (QED) is 0.633. The average Bonchev–Trinajstić information content (AvgIpc) is 2.90. The Morgan fingerprint density at radius 1 is 0.914 bits per heavy atom. The Kier molecular flexibility index (Phi) is 7.39. The van der Waals surface area contributed by atoms with Crippen LogP contribution in [0.1, 0.15) is 74.6 Å². The zero-order valence-corrected chi connectivity index (χ0v) is 21.0. The molecule has 3 aliphatic rings. The van der Waals surface area contributed by atoms with Crippen molar-refractivity contribution in [3.8, 4) is 5.75 Å². The van der Waals surface area contributed by atoms with E-state index in [1.807, 2.05) is 24.3 Å². The maximum Gasteiger partial charge on any atom is 0.258 e. The SMILES string of the molecule is O=C(c1ccc(OC2CCC(NS(=O)(=O)c3ccccn3)CC2)cc1)N1CCCC2CCCCC21. The summed E-state index contributed by atoms with van der Waals surface area (Å²) in [5.41, 5.74) is 0.733. The number of likely N-dealkylation sites (tertiary alicyclic amines) is 1. The van der Waals surface area contributed by atoms with Crippen molar-refractivity contribution in [2.24, 2.45) is 5.92 Å². The smallest absolute Gasteiger partial charge is 0.258 e. The molecule has 1 saturated heterocycles. The van der Waals surface area contributed by atoms with Crippen molar-refractivity contribution in [3.63, 3.8) is 0 Å². The molecule has 7 nitrogen and oxygen atoms in total. The zero-order valence-electron chi connectivity index (χ0n) is 20.1. The number of benzene rings is 1. The van der Waals surface area contributed by atoms with Gasteiger partial charge in [-0.2, -0.15) is 0 Å². The van der Waals surface area contributed by atoms with E-state index in [1.165, 1.54) is 37.9 Å². The van der Waals surface area contributed by atoms with Crippen LogP contribution >= 0.6 is 0 Å². The number of pyridine rings is 1. The molecule has 0 bridgehead atoms. The normalized spacial score (nSPS) is 27.1. The van der Waals surface area contributed by atoms with Crippen LogP contribution in [0.5, 0.6) is 5.75 Å². The number of fused-ring (bicyclic) bond motifs is 1. The third-order valence-electron chi connectivity index (χ3n) is 7.82. The molecule has 2 aliphatic carbocycles. The zero-order chi connectivity index (χ0) is 24.3. The molecule has 2 heterocycles. The molecule has 1 aromatic carbocycles. The van der Waals surface area contributed by atoms with Crippen LogP contribution in [0.25, 0.3) is 0 Å². The summed E-state index contributed by atoms with van der Waals surface area (Å²) in [5, 5.41) is 0.0524. The molecule has 188 valence electrons. The lowest BCUT2D eigenvalue weighted by atomic mass is 9.78. The number of hydrogen-bond donors (Lipinski definition) is 1. The molecule has 2 unspecified atom stereocenters. The second-order valence-corrected chi connectivity index (χ2v) is 11.8. The fraction of sp³-hybridized carbons (Fsp3) is 0.556. The van der Waals surface area contributed by atoms with Crippen molar-refractivity contribution in [3.05, 3.63) is 54.2 Å². The van der Waals surface area contributed by atoms with Gasteiger partial charge < -0.3 is 9.64 Å². The van der Waals surface area contributed by atoms with Crippen LogP contribution in [0, 0.1) is 5.92 Å². The van der Waals surface area contributed by atoms with E-state index in [-0.39, 0.29) is 23.1 Å². The Morgan fingerprint density at radius 3 is 2.40 bits per heavy atom. The van der Waals surface area contributed by atoms with E-state index in [0.717, 1.165) is 43.5 Å². The van der Waals surface area contributed by atoms with Gasteiger partial charge in [-0.25, -0.2) is 18.1 Å². The number of nitrogens with zero attached hydrogens (tertiary/aromatic N) is 2. The van der Waals surface area contributed by atoms with Gasteiger partial charge in [-0.15, -0.1) is 0 Å². The Morgan fingerprint density at radius 2 is 1.66 bits per heavy atom. The second kappa shape index (κ2) is 10.7. The summed E-state index contributed by atoms with van der Waals surface area (Å²) in [6, 6.07) is 12.7. The Balaban J connectivity index is 1.13. The molecule has 1 aliphatic heterocycles. The van der Waals surface area contributed by atoms with E-state index in [4.69, 9.17) is 4.74 Å². The first-order valence-electron chi connectivity index (χ1n) is 13.0. The fourth-order valence-corrected chi connectivity index (χ4v) is 7.25. The standard InChI is InChI=1S/C27H35N3O4S/c31-27(30-19-5-7-20-6-1-2-8-25(20)30)21-10-14-23(15-11-21)34-24-16-12-22(13-17-24)29-35(32,33)26-9-3-4-18-28-26/h3-4,9-11,14-15,18,20,22,24-25,29H,1-2,5-8,12-13,16-17,19H2. The summed E-state index contributed by atoms with van der Waals surface area (Å²) < 4.78 is 34.0. The van der Waals surface area contributed by atoms with E-state index in [2.05, 4.69) is 14.6 Å². The van der Waals surface area contributed by atoms with Gasteiger partial charge in [-0.1, -0.05) is 18.9 Å². The first-order valence-corrected chi connectivity index (χ1v) is 14.5. The minimum atomic E-state index is -3.60. The van der Waals surface area contributed by atoms with Gasteiger partial charge in [0.15, 0.2) is 5.03 Å². The second-order valence-electron chi connectivity index (χ2n) is 10.2. The molecule has 2 aromatic rings. The van der Waals surface area contributed by atoms with Crippen molar-refractivity contribution >= 4 is 15.9 Å². The van der Waals surface area contributed by atoms with Crippen LogP contribution in [0.3, 0.4) is 0 Å². The number of piperidine rings is 1. The predicted molar refractivity (Wildman–Crippen MR) is 134 cm³/mol. The van der Waals surface area contributed by atoms with E-state index in [1.54, 1.807) is 12.1 Å². The molecular weight excluding hydrogens is 462 g/mol. The van der Waals surface area contributed by atoms with Gasteiger partial charge in [0.1, 0.15) is 5.75 Å². The summed E-state index contributed by atoms with van der Waals surface area (Å²) in [6.45, 7) is 0.867. The minimum absolute atomic E-state index is 0.0391. The number of rotatable bonds is 6. The van der Waals surface area contributed by atoms with E-state index < -0.39 is 10.0 Å². The number of nitrogens with one attached hydrogen (secondary N) is 1. The highest BCUT2D eigenvalue weighted by Crippen LogP contribution is 2.36.